The van der Waals surface area contributed by atoms with Crippen molar-refractivity contribution in [1.82, 2.24) is 9.97 Å². The maximum Gasteiger partial charge on any atom is 0.422 e. The van der Waals surface area contributed by atoms with Crippen LogP contribution in [0.3, 0.4) is 0 Å². The second kappa shape index (κ2) is 13.8. The number of rotatable bonds is 6. The predicted octanol–water partition coefficient (Wildman–Crippen LogP) is 8.64. The third kappa shape index (κ3) is 8.16. The molecule has 3 nitrogen and oxygen atoms in total. The molecule has 2 aliphatic carbocycles. The van der Waals surface area contributed by atoms with Crippen molar-refractivity contribution in [2.75, 3.05) is 0 Å². The van der Waals surface area contributed by atoms with Crippen LogP contribution in [0.15, 0.2) is 71.6 Å². The van der Waals surface area contributed by atoms with E-state index in [1.165, 1.54) is 0 Å². The van der Waals surface area contributed by atoms with E-state index >= 15 is 0 Å². The van der Waals surface area contributed by atoms with E-state index in [2.05, 4.69) is 38.4 Å². The van der Waals surface area contributed by atoms with Gasteiger partial charge in [-0.25, -0.2) is 36.3 Å². The number of alkyl halides is 7. The number of ether oxygens (including phenoxy) is 1. The molecule has 0 radical (unpaired) electrons. The topological polar surface area (TPSA) is 35.0 Å². The lowest BCUT2D eigenvalue weighted by Gasteiger charge is -2.29. The number of aryl methyl sites for hydroxylation is 1. The Kier molecular flexibility index (Phi) is 10.3. The number of allylic oxidation sites excluding steroid dienone is 7. The van der Waals surface area contributed by atoms with Crippen molar-refractivity contribution in [1.29, 1.82) is 0 Å². The van der Waals surface area contributed by atoms with E-state index in [-0.39, 0.29) is 23.5 Å². The highest BCUT2D eigenvalue weighted by Gasteiger charge is 2.51. The third-order valence-corrected chi connectivity index (χ3v) is 6.63. The first kappa shape index (κ1) is 34.3. The first-order chi connectivity index (χ1) is 21.6. The second-order valence-electron chi connectivity index (χ2n) is 10.1. The molecule has 0 saturated heterocycles. The van der Waals surface area contributed by atoms with Crippen molar-refractivity contribution < 1.29 is 53.0 Å². The Morgan fingerprint density at radius 2 is 1.39 bits per heavy atom. The van der Waals surface area contributed by atoms with Crippen molar-refractivity contribution >= 4 is 0 Å². The summed E-state index contributed by atoms with van der Waals surface area (Å²) in [6.07, 6.45) is -6.79. The van der Waals surface area contributed by atoms with Gasteiger partial charge in [0.1, 0.15) is 58.8 Å². The summed E-state index contributed by atoms with van der Waals surface area (Å²) >= 11 is 0. The van der Waals surface area contributed by atoms with E-state index in [1.807, 2.05) is 6.92 Å². The smallest absolute Gasteiger partial charge is 0.422 e. The molecule has 4 unspecified atom stereocenters. The fourth-order valence-electron chi connectivity index (χ4n) is 4.38. The molecule has 46 heavy (non-hydrogen) atoms. The third-order valence-electron chi connectivity index (χ3n) is 6.63. The molecule has 1 aromatic carbocycles. The normalized spacial score (nSPS) is 21.5. The fraction of sp³-hybridized carbons (Fsp3) is 0.312. The lowest BCUT2D eigenvalue weighted by atomic mass is 9.91. The van der Waals surface area contributed by atoms with Gasteiger partial charge in [-0.15, -0.1) is 0 Å². The summed E-state index contributed by atoms with van der Waals surface area (Å²) in [7, 11) is 0. The minimum atomic E-state index is -5.50. The second-order valence-corrected chi connectivity index (χ2v) is 10.1. The molecule has 2 aromatic rings. The van der Waals surface area contributed by atoms with Crippen LogP contribution >= 0.6 is 0 Å². The largest absolute Gasteiger partial charge is 0.432 e. The minimum Gasteiger partial charge on any atom is -0.432 e. The van der Waals surface area contributed by atoms with Gasteiger partial charge in [0.05, 0.1) is 0 Å². The van der Waals surface area contributed by atoms with Crippen LogP contribution in [0.5, 0.6) is 5.75 Å². The van der Waals surface area contributed by atoms with E-state index < -0.39 is 76.6 Å². The molecular weight excluding hydrogens is 637 g/mol. The van der Waals surface area contributed by atoms with Gasteiger partial charge in [0.2, 0.25) is 5.82 Å². The van der Waals surface area contributed by atoms with Crippen molar-refractivity contribution in [3.8, 4) is 29.4 Å². The molecule has 242 valence electrons. The summed E-state index contributed by atoms with van der Waals surface area (Å²) < 4.78 is 158. The molecule has 0 fully saturated rings. The van der Waals surface area contributed by atoms with Gasteiger partial charge >= 0.3 is 12.3 Å². The van der Waals surface area contributed by atoms with Crippen molar-refractivity contribution in [3.05, 3.63) is 100 Å². The number of hydrogen-bond donors (Lipinski definition) is 0. The quantitative estimate of drug-likeness (QED) is 0.230. The Morgan fingerprint density at radius 1 is 0.804 bits per heavy atom. The molecule has 0 bridgehead atoms. The SMILES string of the molecule is CCCCc1cnc(C#CC2=CC(F)C(C#CC3=CC(F)C(C(F)(F)Oc4cc(F)c(C(F)(F)F)c(F)c4)C(F)=C3)C(F)=C2)nc1. The number of unbranched alkanes of at least 4 members (excludes halogenated alkanes) is 1. The highest BCUT2D eigenvalue weighted by atomic mass is 19.4. The molecule has 0 saturated carbocycles. The van der Waals surface area contributed by atoms with Gasteiger partial charge in [-0.1, -0.05) is 31.1 Å². The summed E-state index contributed by atoms with van der Waals surface area (Å²) in [4.78, 5) is 8.17. The van der Waals surface area contributed by atoms with Crippen molar-refractivity contribution in [2.24, 2.45) is 11.8 Å². The van der Waals surface area contributed by atoms with Gasteiger partial charge in [0.25, 0.3) is 0 Å². The van der Waals surface area contributed by atoms with Gasteiger partial charge in [-0.05, 0) is 48.6 Å². The molecule has 1 heterocycles. The molecular formula is C32H21F11N2O. The summed E-state index contributed by atoms with van der Waals surface area (Å²) in [5, 5.41) is 0. The average molecular weight is 659 g/mol. The zero-order chi connectivity index (χ0) is 33.8. The van der Waals surface area contributed by atoms with Gasteiger partial charge in [0.15, 0.2) is 0 Å². The lowest BCUT2D eigenvalue weighted by molar-refractivity contribution is -0.219. The fourth-order valence-corrected chi connectivity index (χ4v) is 4.38. The minimum absolute atomic E-state index is 0.0498. The maximum atomic E-state index is 14.8. The molecule has 1 aromatic heterocycles. The van der Waals surface area contributed by atoms with E-state index in [0.717, 1.165) is 37.0 Å². The van der Waals surface area contributed by atoms with Crippen LogP contribution in [0, 0.1) is 47.2 Å². The molecule has 4 atom stereocenters. The van der Waals surface area contributed by atoms with Gasteiger partial charge < -0.3 is 4.74 Å². The average Bonchev–Trinajstić information content (AvgIpc) is 2.93. The van der Waals surface area contributed by atoms with Gasteiger partial charge in [-0.3, -0.25) is 0 Å². The number of halogens is 11. The molecule has 2 aliphatic rings. The van der Waals surface area contributed by atoms with E-state index in [4.69, 9.17) is 0 Å². The summed E-state index contributed by atoms with van der Waals surface area (Å²) in [6.45, 7) is 2.04. The predicted molar refractivity (Wildman–Crippen MR) is 144 cm³/mol. The Labute approximate surface area is 255 Å². The van der Waals surface area contributed by atoms with E-state index in [0.29, 0.717) is 12.2 Å². The van der Waals surface area contributed by atoms with E-state index in [9.17, 15) is 48.3 Å². The van der Waals surface area contributed by atoms with Crippen LogP contribution in [0.25, 0.3) is 0 Å². The molecule has 0 aliphatic heterocycles. The van der Waals surface area contributed by atoms with Crippen molar-refractivity contribution in [3.63, 3.8) is 0 Å². The van der Waals surface area contributed by atoms with Crippen LogP contribution < -0.4 is 4.74 Å². The highest BCUT2D eigenvalue weighted by molar-refractivity contribution is 5.49. The van der Waals surface area contributed by atoms with Crippen LogP contribution in [0.2, 0.25) is 0 Å². The summed E-state index contributed by atoms with van der Waals surface area (Å²) in [6, 6.07) is -0.427. The molecule has 0 spiro atoms. The van der Waals surface area contributed by atoms with Crippen LogP contribution in [0.1, 0.15) is 36.7 Å². The van der Waals surface area contributed by atoms with Crippen LogP contribution in [0.4, 0.5) is 48.3 Å². The zero-order valence-corrected chi connectivity index (χ0v) is 23.5. The Hall–Kier alpha value is -4.59. The van der Waals surface area contributed by atoms with Crippen molar-refractivity contribution in [2.45, 2.75) is 50.8 Å². The highest BCUT2D eigenvalue weighted by Crippen LogP contribution is 2.42. The van der Waals surface area contributed by atoms with Gasteiger partial charge in [0, 0.05) is 35.7 Å². The summed E-state index contributed by atoms with van der Waals surface area (Å²) in [5.74, 6) is -4.25. The molecule has 4 rings (SSSR count). The number of nitrogens with zero attached hydrogens (tertiary/aromatic N) is 2. The lowest BCUT2D eigenvalue weighted by Crippen LogP contribution is -2.41. The Balaban J connectivity index is 1.44. The molecule has 0 N–H and O–H groups in total. The molecule has 14 heteroatoms. The van der Waals surface area contributed by atoms with E-state index in [1.54, 1.807) is 12.4 Å². The van der Waals surface area contributed by atoms with Crippen LogP contribution in [-0.2, 0) is 12.6 Å². The summed E-state index contributed by atoms with van der Waals surface area (Å²) in [5.41, 5.74) is -2.09. The van der Waals surface area contributed by atoms with Crippen LogP contribution in [-0.4, -0.2) is 28.4 Å². The zero-order valence-electron chi connectivity index (χ0n) is 23.5. The number of hydrogen-bond acceptors (Lipinski definition) is 3. The monoisotopic (exact) mass is 658 g/mol. The Bertz CT molecular complexity index is 1700. The Morgan fingerprint density at radius 3 is 1.96 bits per heavy atom. The maximum absolute atomic E-state index is 14.8. The van der Waals surface area contributed by atoms with Gasteiger partial charge in [-0.2, -0.15) is 22.0 Å². The number of benzene rings is 1. The number of aromatic nitrogens is 2. The first-order valence-electron chi connectivity index (χ1n) is 13.5. The first-order valence-corrected chi connectivity index (χ1v) is 13.5. The molecule has 0 amide bonds. The standard InChI is InChI=1S/C32H21F11N2O/c1-2-3-4-19-15-44-28(45-16-19)8-6-18-9-22(33)21(23(34)10-18)7-5-17-11-24(35)30(25(36)12-17)32(42,43)46-20-13-26(37)29(27(38)14-20)31(39,40)41/h9-16,21-22,24,30H,2-4H2,1H3.